The zero-order chi connectivity index (χ0) is 10.7. The van der Waals surface area contributed by atoms with Gasteiger partial charge in [-0.3, -0.25) is 9.97 Å². The van der Waals surface area contributed by atoms with Gasteiger partial charge in [-0.05, 0) is 6.07 Å². The summed E-state index contributed by atoms with van der Waals surface area (Å²) in [6, 6.07) is 1.91. The Balaban J connectivity index is 2.15. The number of aromatic nitrogens is 2. The van der Waals surface area contributed by atoms with Crippen LogP contribution in [-0.2, 0) is 6.54 Å². The van der Waals surface area contributed by atoms with Crippen molar-refractivity contribution in [1.29, 1.82) is 0 Å². The lowest BCUT2D eigenvalue weighted by Crippen LogP contribution is -2.17. The van der Waals surface area contributed by atoms with E-state index in [1.54, 1.807) is 23.7 Å². The Morgan fingerprint density at radius 3 is 2.93 bits per heavy atom. The van der Waals surface area contributed by atoms with Crippen molar-refractivity contribution < 1.29 is 0 Å². The monoisotopic (exact) mass is 220 g/mol. The van der Waals surface area contributed by atoms with Crippen LogP contribution in [0, 0.1) is 0 Å². The highest BCUT2D eigenvalue weighted by Crippen LogP contribution is 2.22. The summed E-state index contributed by atoms with van der Waals surface area (Å²) in [5.41, 5.74) is 9.36. The van der Waals surface area contributed by atoms with E-state index in [2.05, 4.69) is 14.9 Å². The Labute approximate surface area is 92.4 Å². The van der Waals surface area contributed by atoms with Gasteiger partial charge >= 0.3 is 0 Å². The maximum Gasteiger partial charge on any atom is 0.0794 e. The van der Waals surface area contributed by atoms with Gasteiger partial charge in [0, 0.05) is 24.3 Å². The van der Waals surface area contributed by atoms with Gasteiger partial charge in [0.05, 0.1) is 29.6 Å². The first-order chi connectivity index (χ1) is 7.27. The van der Waals surface area contributed by atoms with E-state index in [1.165, 1.54) is 4.88 Å². The van der Waals surface area contributed by atoms with Crippen LogP contribution in [0.2, 0.25) is 0 Å². The first-order valence-corrected chi connectivity index (χ1v) is 5.43. The second-order valence-corrected chi connectivity index (χ2v) is 4.23. The van der Waals surface area contributed by atoms with Crippen LogP contribution in [0.5, 0.6) is 0 Å². The third-order valence-corrected chi connectivity index (χ3v) is 2.88. The minimum absolute atomic E-state index is 0.699. The smallest absolute Gasteiger partial charge is 0.0794 e. The molecule has 0 radical (unpaired) electrons. The van der Waals surface area contributed by atoms with Crippen molar-refractivity contribution >= 4 is 22.7 Å². The van der Waals surface area contributed by atoms with Crippen LogP contribution in [0.4, 0.5) is 11.4 Å². The van der Waals surface area contributed by atoms with Crippen LogP contribution in [-0.4, -0.2) is 17.0 Å². The highest BCUT2D eigenvalue weighted by Gasteiger charge is 2.06. The van der Waals surface area contributed by atoms with Crippen molar-refractivity contribution in [2.24, 2.45) is 0 Å². The molecule has 78 valence electrons. The van der Waals surface area contributed by atoms with Crippen molar-refractivity contribution in [1.82, 2.24) is 9.97 Å². The number of hydrogen-bond acceptors (Lipinski definition) is 5. The Bertz CT molecular complexity index is 427. The van der Waals surface area contributed by atoms with Gasteiger partial charge < -0.3 is 10.6 Å². The minimum Gasteiger partial charge on any atom is -0.396 e. The van der Waals surface area contributed by atoms with Crippen molar-refractivity contribution in [2.45, 2.75) is 6.54 Å². The van der Waals surface area contributed by atoms with Crippen molar-refractivity contribution in [3.63, 3.8) is 0 Å². The van der Waals surface area contributed by atoms with Crippen molar-refractivity contribution in [3.8, 4) is 0 Å². The first-order valence-electron chi connectivity index (χ1n) is 4.55. The minimum atomic E-state index is 0.699. The Hall–Kier alpha value is -1.62. The zero-order valence-electron chi connectivity index (χ0n) is 8.42. The molecule has 4 nitrogen and oxygen atoms in total. The summed E-state index contributed by atoms with van der Waals surface area (Å²) in [6.45, 7) is 0.818. The molecule has 15 heavy (non-hydrogen) atoms. The molecule has 0 bridgehead atoms. The highest BCUT2D eigenvalue weighted by molar-refractivity contribution is 7.09. The summed E-state index contributed by atoms with van der Waals surface area (Å²) in [5.74, 6) is 0. The molecule has 0 amide bonds. The molecule has 2 rings (SSSR count). The SMILES string of the molecule is CN(Cc1cncs1)c1ccncc1N. The van der Waals surface area contributed by atoms with E-state index in [-0.39, 0.29) is 0 Å². The first kappa shape index (κ1) is 9.92. The van der Waals surface area contributed by atoms with E-state index in [4.69, 9.17) is 5.73 Å². The van der Waals surface area contributed by atoms with Crippen LogP contribution >= 0.6 is 11.3 Å². The Morgan fingerprint density at radius 2 is 2.27 bits per heavy atom. The lowest BCUT2D eigenvalue weighted by Gasteiger charge is -2.19. The Kier molecular flexibility index (Phi) is 2.82. The number of nitrogens with zero attached hydrogens (tertiary/aromatic N) is 3. The largest absolute Gasteiger partial charge is 0.396 e. The van der Waals surface area contributed by atoms with Gasteiger partial charge in [0.15, 0.2) is 0 Å². The molecule has 0 saturated carbocycles. The van der Waals surface area contributed by atoms with Crippen LogP contribution in [0.3, 0.4) is 0 Å². The highest BCUT2D eigenvalue weighted by atomic mass is 32.1. The van der Waals surface area contributed by atoms with Crippen LogP contribution in [0.15, 0.2) is 30.2 Å². The maximum absolute atomic E-state index is 5.83. The molecule has 0 atom stereocenters. The van der Waals surface area contributed by atoms with Crippen molar-refractivity contribution in [3.05, 3.63) is 35.0 Å². The molecule has 2 aromatic rings. The van der Waals surface area contributed by atoms with E-state index < -0.39 is 0 Å². The van der Waals surface area contributed by atoms with Gasteiger partial charge in [0.2, 0.25) is 0 Å². The van der Waals surface area contributed by atoms with Crippen LogP contribution < -0.4 is 10.6 Å². The second kappa shape index (κ2) is 4.27. The van der Waals surface area contributed by atoms with E-state index in [0.717, 1.165) is 12.2 Å². The molecular formula is C10H12N4S. The summed E-state index contributed by atoms with van der Waals surface area (Å²) in [4.78, 5) is 11.3. The van der Waals surface area contributed by atoms with Gasteiger partial charge in [0.1, 0.15) is 0 Å². The summed E-state index contributed by atoms with van der Waals surface area (Å²) in [6.07, 6.45) is 5.28. The number of thiazole rings is 1. The molecular weight excluding hydrogens is 208 g/mol. The summed E-state index contributed by atoms with van der Waals surface area (Å²) in [5, 5.41) is 0. The van der Waals surface area contributed by atoms with Crippen LogP contribution in [0.25, 0.3) is 0 Å². The number of rotatable bonds is 3. The molecule has 0 spiro atoms. The fourth-order valence-electron chi connectivity index (χ4n) is 1.39. The summed E-state index contributed by atoms with van der Waals surface area (Å²) in [7, 11) is 2.01. The normalized spacial score (nSPS) is 10.2. The third kappa shape index (κ3) is 2.24. The predicted molar refractivity (Wildman–Crippen MR) is 62.9 cm³/mol. The van der Waals surface area contributed by atoms with E-state index in [0.29, 0.717) is 5.69 Å². The van der Waals surface area contributed by atoms with Crippen molar-refractivity contribution in [2.75, 3.05) is 17.7 Å². The predicted octanol–water partition coefficient (Wildman–Crippen LogP) is 1.76. The zero-order valence-corrected chi connectivity index (χ0v) is 9.24. The maximum atomic E-state index is 5.83. The molecule has 5 heteroatoms. The Morgan fingerprint density at radius 1 is 1.40 bits per heavy atom. The second-order valence-electron chi connectivity index (χ2n) is 3.26. The van der Waals surface area contributed by atoms with Crippen LogP contribution in [0.1, 0.15) is 4.88 Å². The fourth-order valence-corrected chi connectivity index (χ4v) is 2.03. The standard InChI is InChI=1S/C10H12N4S/c1-14(6-8-4-13-7-15-8)10-2-3-12-5-9(10)11/h2-5,7H,6,11H2,1H3. The van der Waals surface area contributed by atoms with Gasteiger partial charge in [-0.2, -0.15) is 0 Å². The number of pyridine rings is 1. The molecule has 0 unspecified atom stereocenters. The number of nitrogen functional groups attached to an aromatic ring is 1. The van der Waals surface area contributed by atoms with E-state index in [9.17, 15) is 0 Å². The average molecular weight is 220 g/mol. The average Bonchev–Trinajstić information content (AvgIpc) is 2.71. The molecule has 0 aliphatic rings. The molecule has 2 aromatic heterocycles. The molecule has 2 N–H and O–H groups in total. The van der Waals surface area contributed by atoms with E-state index >= 15 is 0 Å². The lowest BCUT2D eigenvalue weighted by atomic mass is 10.3. The summed E-state index contributed by atoms with van der Waals surface area (Å²) < 4.78 is 0. The summed E-state index contributed by atoms with van der Waals surface area (Å²) >= 11 is 1.64. The molecule has 0 saturated heterocycles. The fraction of sp³-hybridized carbons (Fsp3) is 0.200. The van der Waals surface area contributed by atoms with Gasteiger partial charge in [-0.1, -0.05) is 0 Å². The van der Waals surface area contributed by atoms with Gasteiger partial charge in [-0.15, -0.1) is 11.3 Å². The molecule has 0 fully saturated rings. The molecule has 0 aliphatic heterocycles. The molecule has 2 heterocycles. The lowest BCUT2D eigenvalue weighted by molar-refractivity contribution is 0.936. The number of hydrogen-bond donors (Lipinski definition) is 1. The molecule has 0 aliphatic carbocycles. The quantitative estimate of drug-likeness (QED) is 0.856. The van der Waals surface area contributed by atoms with Gasteiger partial charge in [0.25, 0.3) is 0 Å². The third-order valence-electron chi connectivity index (χ3n) is 2.12. The van der Waals surface area contributed by atoms with E-state index in [1.807, 2.05) is 24.8 Å². The number of anilines is 2. The molecule has 0 aromatic carbocycles. The van der Waals surface area contributed by atoms with Gasteiger partial charge in [-0.25, -0.2) is 0 Å². The number of nitrogens with two attached hydrogens (primary N) is 1. The topological polar surface area (TPSA) is 55.0 Å².